The lowest BCUT2D eigenvalue weighted by molar-refractivity contribution is -0.253. The zero-order valence-electron chi connectivity index (χ0n) is 9.69. The molecule has 0 aromatic carbocycles. The van der Waals surface area contributed by atoms with Crippen LogP contribution in [0, 0.1) is 12.3 Å². The van der Waals surface area contributed by atoms with Gasteiger partial charge in [0.2, 0.25) is 5.91 Å². The van der Waals surface area contributed by atoms with Gasteiger partial charge in [-0.05, 0) is 0 Å². The number of terminal acetylenes is 1. The number of aliphatic hydroxyl groups excluding tert-OH is 4. The second kappa shape index (κ2) is 6.68. The second-order valence-electron chi connectivity index (χ2n) is 4.03. The Balaban J connectivity index is 2.60. The second-order valence-corrected chi connectivity index (χ2v) is 4.03. The number of amides is 1. The van der Waals surface area contributed by atoms with Gasteiger partial charge in [-0.3, -0.25) is 4.79 Å². The summed E-state index contributed by atoms with van der Waals surface area (Å²) in [6.45, 7) is -0.549. The van der Waals surface area contributed by atoms with Crippen LogP contribution in [0.3, 0.4) is 0 Å². The number of rotatable bonds is 4. The number of ether oxygens (including phenoxy) is 1. The minimum atomic E-state index is -1.50. The summed E-state index contributed by atoms with van der Waals surface area (Å²) >= 11 is 0. The third-order valence-electron chi connectivity index (χ3n) is 2.72. The SMILES string of the molecule is C#CCCC(=O)NC1C(O)OC(CO)C(O)C1O. The van der Waals surface area contributed by atoms with E-state index >= 15 is 0 Å². The quantitative estimate of drug-likeness (QED) is 0.351. The van der Waals surface area contributed by atoms with Gasteiger partial charge in [0.05, 0.1) is 6.61 Å². The van der Waals surface area contributed by atoms with Crippen molar-refractivity contribution >= 4 is 5.91 Å². The number of carbonyl (C=O) groups excluding carboxylic acids is 1. The van der Waals surface area contributed by atoms with E-state index in [0.29, 0.717) is 0 Å². The summed E-state index contributed by atoms with van der Waals surface area (Å²) in [7, 11) is 0. The van der Waals surface area contributed by atoms with E-state index in [0.717, 1.165) is 0 Å². The van der Waals surface area contributed by atoms with Crippen molar-refractivity contribution < 1.29 is 30.0 Å². The molecule has 7 heteroatoms. The predicted octanol–water partition coefficient (Wildman–Crippen LogP) is -2.68. The third kappa shape index (κ3) is 3.41. The average Bonchev–Trinajstić information content (AvgIpc) is 2.36. The van der Waals surface area contributed by atoms with E-state index in [2.05, 4.69) is 11.2 Å². The first-order valence-electron chi connectivity index (χ1n) is 5.54. The van der Waals surface area contributed by atoms with E-state index in [4.69, 9.17) is 16.3 Å². The summed E-state index contributed by atoms with van der Waals surface area (Å²) in [5.74, 6) is 1.82. The molecule has 0 aliphatic carbocycles. The molecule has 1 saturated heterocycles. The Morgan fingerprint density at radius 3 is 2.56 bits per heavy atom. The molecule has 5 atom stereocenters. The summed E-state index contributed by atoms with van der Waals surface area (Å²) in [5, 5.41) is 40.1. The standard InChI is InChI=1S/C11H17NO6/c1-2-3-4-7(14)12-8-10(16)9(15)6(5-13)18-11(8)17/h1,6,8-11,13,15-17H,3-5H2,(H,12,14). The van der Waals surface area contributed by atoms with Gasteiger partial charge >= 0.3 is 0 Å². The fourth-order valence-electron chi connectivity index (χ4n) is 1.70. The van der Waals surface area contributed by atoms with E-state index in [1.54, 1.807) is 0 Å². The molecule has 1 aliphatic rings. The zero-order chi connectivity index (χ0) is 13.7. The highest BCUT2D eigenvalue weighted by Gasteiger charge is 2.44. The zero-order valence-corrected chi connectivity index (χ0v) is 9.69. The Labute approximate surface area is 104 Å². The molecule has 1 aliphatic heterocycles. The molecule has 0 bridgehead atoms. The third-order valence-corrected chi connectivity index (χ3v) is 2.72. The van der Waals surface area contributed by atoms with Gasteiger partial charge in [-0.15, -0.1) is 12.3 Å². The Morgan fingerprint density at radius 1 is 1.33 bits per heavy atom. The molecule has 0 saturated carbocycles. The van der Waals surface area contributed by atoms with E-state index in [1.807, 2.05) is 0 Å². The predicted molar refractivity (Wildman–Crippen MR) is 60.0 cm³/mol. The summed E-state index contributed by atoms with van der Waals surface area (Å²) in [6, 6.07) is -1.16. The van der Waals surface area contributed by atoms with Crippen LogP contribution in [-0.2, 0) is 9.53 Å². The van der Waals surface area contributed by atoms with Crippen molar-refractivity contribution in [2.24, 2.45) is 0 Å². The van der Waals surface area contributed by atoms with Crippen molar-refractivity contribution in [2.75, 3.05) is 6.61 Å². The van der Waals surface area contributed by atoms with E-state index < -0.39 is 43.2 Å². The van der Waals surface area contributed by atoms with Crippen molar-refractivity contribution in [3.63, 3.8) is 0 Å². The molecular formula is C11H17NO6. The highest BCUT2D eigenvalue weighted by atomic mass is 16.6. The van der Waals surface area contributed by atoms with Crippen LogP contribution < -0.4 is 5.32 Å². The highest BCUT2D eigenvalue weighted by molar-refractivity contribution is 5.76. The largest absolute Gasteiger partial charge is 0.394 e. The topological polar surface area (TPSA) is 119 Å². The van der Waals surface area contributed by atoms with Crippen LogP contribution in [-0.4, -0.2) is 63.6 Å². The monoisotopic (exact) mass is 259 g/mol. The van der Waals surface area contributed by atoms with E-state index in [1.165, 1.54) is 0 Å². The minimum absolute atomic E-state index is 0.0476. The normalized spacial score (nSPS) is 35.8. The van der Waals surface area contributed by atoms with Crippen molar-refractivity contribution in [1.29, 1.82) is 0 Å². The van der Waals surface area contributed by atoms with Crippen LogP contribution >= 0.6 is 0 Å². The molecule has 1 fully saturated rings. The molecule has 1 rings (SSSR count). The molecule has 18 heavy (non-hydrogen) atoms. The summed E-state index contributed by atoms with van der Waals surface area (Å²) in [6.07, 6.45) is -0.137. The Hall–Kier alpha value is -1.17. The van der Waals surface area contributed by atoms with Gasteiger partial charge in [0, 0.05) is 12.8 Å². The molecule has 5 unspecified atom stereocenters. The van der Waals surface area contributed by atoms with Gasteiger partial charge in [-0.1, -0.05) is 0 Å². The maximum atomic E-state index is 11.4. The lowest BCUT2D eigenvalue weighted by Gasteiger charge is -2.40. The highest BCUT2D eigenvalue weighted by Crippen LogP contribution is 2.19. The molecule has 0 radical (unpaired) electrons. The Bertz CT molecular complexity index is 328. The van der Waals surface area contributed by atoms with Gasteiger partial charge < -0.3 is 30.5 Å². The van der Waals surface area contributed by atoms with Crippen molar-refractivity contribution in [3.05, 3.63) is 0 Å². The molecular weight excluding hydrogens is 242 g/mol. The number of carbonyl (C=O) groups is 1. The number of nitrogens with one attached hydrogen (secondary N) is 1. The first-order chi connectivity index (χ1) is 8.51. The first-order valence-corrected chi connectivity index (χ1v) is 5.54. The van der Waals surface area contributed by atoms with Crippen LogP contribution in [0.1, 0.15) is 12.8 Å². The van der Waals surface area contributed by atoms with Crippen LogP contribution in [0.5, 0.6) is 0 Å². The van der Waals surface area contributed by atoms with Gasteiger partial charge in [0.15, 0.2) is 6.29 Å². The lowest BCUT2D eigenvalue weighted by Crippen LogP contribution is -2.64. The van der Waals surface area contributed by atoms with Gasteiger partial charge in [-0.25, -0.2) is 0 Å². The minimum Gasteiger partial charge on any atom is -0.394 e. The summed E-state index contributed by atoms with van der Waals surface area (Å²) < 4.78 is 4.88. The van der Waals surface area contributed by atoms with Gasteiger partial charge in [-0.2, -0.15) is 0 Å². The van der Waals surface area contributed by atoms with Crippen LogP contribution in [0.25, 0.3) is 0 Å². The van der Waals surface area contributed by atoms with Crippen molar-refractivity contribution in [1.82, 2.24) is 5.32 Å². The van der Waals surface area contributed by atoms with Crippen molar-refractivity contribution in [3.8, 4) is 12.3 Å². The maximum absolute atomic E-state index is 11.4. The number of hydrogen-bond donors (Lipinski definition) is 5. The molecule has 102 valence electrons. The van der Waals surface area contributed by atoms with Crippen LogP contribution in [0.2, 0.25) is 0 Å². The molecule has 0 spiro atoms. The average molecular weight is 259 g/mol. The smallest absolute Gasteiger partial charge is 0.221 e. The fourth-order valence-corrected chi connectivity index (χ4v) is 1.70. The molecule has 7 nitrogen and oxygen atoms in total. The van der Waals surface area contributed by atoms with Gasteiger partial charge in [0.25, 0.3) is 0 Å². The van der Waals surface area contributed by atoms with Crippen molar-refractivity contribution in [2.45, 2.75) is 43.5 Å². The first kappa shape index (κ1) is 14.9. The lowest BCUT2D eigenvalue weighted by atomic mass is 9.97. The molecule has 1 heterocycles. The van der Waals surface area contributed by atoms with E-state index in [-0.39, 0.29) is 12.8 Å². The Morgan fingerprint density at radius 2 is 2.00 bits per heavy atom. The van der Waals surface area contributed by atoms with Gasteiger partial charge in [0.1, 0.15) is 24.4 Å². The van der Waals surface area contributed by atoms with E-state index in [9.17, 15) is 20.1 Å². The molecule has 5 N–H and O–H groups in total. The maximum Gasteiger partial charge on any atom is 0.221 e. The molecule has 0 aromatic heterocycles. The fraction of sp³-hybridized carbons (Fsp3) is 0.727. The number of hydrogen-bond acceptors (Lipinski definition) is 6. The summed E-state index contributed by atoms with van der Waals surface area (Å²) in [5.41, 5.74) is 0. The molecule has 0 aromatic rings. The number of aliphatic hydroxyl groups is 4. The van der Waals surface area contributed by atoms with Crippen LogP contribution in [0.15, 0.2) is 0 Å². The summed E-state index contributed by atoms with van der Waals surface area (Å²) in [4.78, 5) is 11.4. The van der Waals surface area contributed by atoms with Crippen LogP contribution in [0.4, 0.5) is 0 Å². The molecule has 1 amide bonds. The Kier molecular flexibility index (Phi) is 5.53.